The van der Waals surface area contributed by atoms with Crippen molar-refractivity contribution >= 4 is 9.84 Å². The summed E-state index contributed by atoms with van der Waals surface area (Å²) in [5.41, 5.74) is 4.19. The van der Waals surface area contributed by atoms with Crippen LogP contribution in [0.1, 0.15) is 71.6 Å². The molecule has 0 amide bonds. The summed E-state index contributed by atoms with van der Waals surface area (Å²) >= 11 is 0. The quantitative estimate of drug-likeness (QED) is 0.508. The molecule has 0 radical (unpaired) electrons. The Bertz CT molecular complexity index is 1020. The number of hydrogen-bond donors (Lipinski definition) is 1. The first-order valence-corrected chi connectivity index (χ1v) is 14.4. The number of aliphatic hydroxyl groups excluding tert-OH is 1. The van der Waals surface area contributed by atoms with Crippen LogP contribution < -0.4 is 0 Å². The average molecular weight is 469 g/mol. The van der Waals surface area contributed by atoms with Crippen LogP contribution in [0.4, 0.5) is 0 Å². The number of allylic oxidation sites excluding steroid dienone is 4. The number of rotatable bonds is 6. The fraction of sp³-hybridized carbons (Fsp3) is 0.586. The zero-order chi connectivity index (χ0) is 23.6. The van der Waals surface area contributed by atoms with E-state index in [0.29, 0.717) is 22.6 Å². The Morgan fingerprint density at radius 2 is 1.91 bits per heavy atom. The van der Waals surface area contributed by atoms with Crippen LogP contribution >= 0.6 is 0 Å². The van der Waals surface area contributed by atoms with Crippen molar-refractivity contribution in [3.05, 3.63) is 65.8 Å². The molecule has 3 saturated carbocycles. The molecule has 33 heavy (non-hydrogen) atoms. The van der Waals surface area contributed by atoms with E-state index in [1.165, 1.54) is 36.8 Å². The van der Waals surface area contributed by atoms with Gasteiger partial charge in [-0.25, -0.2) is 8.42 Å². The Balaban J connectivity index is 1.45. The normalized spacial score (nSPS) is 33.9. The van der Waals surface area contributed by atoms with Crippen molar-refractivity contribution in [3.63, 3.8) is 0 Å². The largest absolute Gasteiger partial charge is 0.393 e. The van der Waals surface area contributed by atoms with Gasteiger partial charge < -0.3 is 5.11 Å². The second-order valence-corrected chi connectivity index (χ2v) is 13.0. The molecule has 0 spiro atoms. The van der Waals surface area contributed by atoms with Gasteiger partial charge in [0.25, 0.3) is 0 Å². The van der Waals surface area contributed by atoms with Gasteiger partial charge >= 0.3 is 0 Å². The molecule has 0 bridgehead atoms. The molecular weight excluding hydrogens is 428 g/mol. The van der Waals surface area contributed by atoms with Crippen LogP contribution in [0.3, 0.4) is 0 Å². The molecule has 1 aromatic carbocycles. The number of aliphatic hydroxyl groups is 1. The van der Waals surface area contributed by atoms with E-state index >= 15 is 0 Å². The van der Waals surface area contributed by atoms with Crippen LogP contribution in [0.25, 0.3) is 0 Å². The van der Waals surface area contributed by atoms with Gasteiger partial charge in [0.05, 0.1) is 16.8 Å². The van der Waals surface area contributed by atoms with Gasteiger partial charge in [-0.3, -0.25) is 0 Å². The minimum Gasteiger partial charge on any atom is -0.393 e. The fourth-order valence-corrected chi connectivity index (χ4v) is 8.39. The summed E-state index contributed by atoms with van der Waals surface area (Å²) in [4.78, 5) is 0.443. The molecule has 4 rings (SSSR count). The van der Waals surface area contributed by atoms with E-state index in [-0.39, 0.29) is 17.3 Å². The maximum Gasteiger partial charge on any atom is 0.178 e. The topological polar surface area (TPSA) is 54.4 Å². The molecule has 180 valence electrons. The SMILES string of the molecule is C=C1CC[C@H](O)C/C1=C/C=C1\CCC[C@]2(C)C(C(C)CCS(=O)(=O)c3ccccc3)CC[C@@H]12. The van der Waals surface area contributed by atoms with E-state index in [1.54, 1.807) is 29.8 Å². The lowest BCUT2D eigenvalue weighted by Crippen LogP contribution is -2.36. The third-order valence-corrected chi connectivity index (χ3v) is 10.6. The van der Waals surface area contributed by atoms with Crippen LogP contribution in [-0.2, 0) is 9.84 Å². The highest BCUT2D eigenvalue weighted by atomic mass is 32.2. The van der Waals surface area contributed by atoms with Crippen molar-refractivity contribution in [1.82, 2.24) is 0 Å². The van der Waals surface area contributed by atoms with Gasteiger partial charge in [-0.1, -0.05) is 61.9 Å². The lowest BCUT2D eigenvalue weighted by atomic mass is 9.61. The molecule has 0 heterocycles. The molecule has 3 nitrogen and oxygen atoms in total. The van der Waals surface area contributed by atoms with E-state index in [2.05, 4.69) is 32.6 Å². The molecule has 0 aliphatic heterocycles. The average Bonchev–Trinajstić information content (AvgIpc) is 3.16. The Morgan fingerprint density at radius 1 is 1.15 bits per heavy atom. The molecule has 2 unspecified atom stereocenters. The van der Waals surface area contributed by atoms with Gasteiger partial charge in [0.15, 0.2) is 9.84 Å². The second kappa shape index (κ2) is 9.92. The predicted molar refractivity (Wildman–Crippen MR) is 136 cm³/mol. The molecule has 0 aromatic heterocycles. The summed E-state index contributed by atoms with van der Waals surface area (Å²) in [6, 6.07) is 8.87. The smallest absolute Gasteiger partial charge is 0.178 e. The van der Waals surface area contributed by atoms with Gasteiger partial charge in [-0.2, -0.15) is 0 Å². The minimum absolute atomic E-state index is 0.231. The number of hydrogen-bond acceptors (Lipinski definition) is 3. The Kier molecular flexibility index (Phi) is 7.35. The van der Waals surface area contributed by atoms with Crippen LogP contribution in [0.2, 0.25) is 0 Å². The number of sulfone groups is 1. The maximum absolute atomic E-state index is 12.8. The van der Waals surface area contributed by atoms with E-state index in [1.807, 2.05) is 6.07 Å². The summed E-state index contributed by atoms with van der Waals surface area (Å²) in [6.45, 7) is 8.94. The first-order chi connectivity index (χ1) is 15.7. The lowest BCUT2D eigenvalue weighted by Gasteiger charge is -2.44. The zero-order valence-corrected chi connectivity index (χ0v) is 21.1. The zero-order valence-electron chi connectivity index (χ0n) is 20.3. The Morgan fingerprint density at radius 3 is 2.67 bits per heavy atom. The standard InChI is InChI=1S/C29H40O3S/c1-21-11-14-25(30)20-24(21)13-12-23-8-7-18-29(3)27(15-16-28(23)29)22(2)17-19-33(31,32)26-9-5-4-6-10-26/h4-6,9-10,12-13,22,25,27-28,30H,1,7-8,11,14-20H2,2-3H3/b23-12+,24-13-/t22?,25-,27?,28-,29+/m0/s1. The van der Waals surface area contributed by atoms with E-state index in [9.17, 15) is 13.5 Å². The van der Waals surface area contributed by atoms with Crippen molar-refractivity contribution in [2.24, 2.45) is 23.2 Å². The van der Waals surface area contributed by atoms with Crippen LogP contribution in [0.5, 0.6) is 0 Å². The molecule has 5 atom stereocenters. The van der Waals surface area contributed by atoms with Crippen molar-refractivity contribution in [2.75, 3.05) is 5.75 Å². The molecule has 4 heteroatoms. The molecule has 0 saturated heterocycles. The van der Waals surface area contributed by atoms with Crippen molar-refractivity contribution in [1.29, 1.82) is 0 Å². The van der Waals surface area contributed by atoms with E-state index < -0.39 is 9.84 Å². The lowest BCUT2D eigenvalue weighted by molar-refractivity contribution is 0.0963. The highest BCUT2D eigenvalue weighted by Crippen LogP contribution is 2.59. The van der Waals surface area contributed by atoms with Gasteiger partial charge in [0, 0.05) is 0 Å². The summed E-state index contributed by atoms with van der Waals surface area (Å²) in [6.07, 6.45) is 13.5. The Hall–Kier alpha value is -1.65. The van der Waals surface area contributed by atoms with Crippen molar-refractivity contribution in [2.45, 2.75) is 82.6 Å². The number of fused-ring (bicyclic) bond motifs is 1. The molecule has 3 aliphatic carbocycles. The predicted octanol–water partition coefficient (Wildman–Crippen LogP) is 6.66. The monoisotopic (exact) mass is 468 g/mol. The minimum atomic E-state index is -3.22. The van der Waals surface area contributed by atoms with Crippen molar-refractivity contribution in [3.8, 4) is 0 Å². The van der Waals surface area contributed by atoms with E-state index in [0.717, 1.165) is 32.1 Å². The van der Waals surface area contributed by atoms with Crippen molar-refractivity contribution < 1.29 is 13.5 Å². The highest BCUT2D eigenvalue weighted by molar-refractivity contribution is 7.91. The Labute approximate surface area is 200 Å². The molecule has 3 fully saturated rings. The van der Waals surface area contributed by atoms with Gasteiger partial charge in [0.1, 0.15) is 0 Å². The second-order valence-electron chi connectivity index (χ2n) is 10.9. The van der Waals surface area contributed by atoms with Gasteiger partial charge in [0.2, 0.25) is 0 Å². The summed E-state index contributed by atoms with van der Waals surface area (Å²) in [5.74, 6) is 1.78. The summed E-state index contributed by atoms with van der Waals surface area (Å²) in [5, 5.41) is 10.1. The van der Waals surface area contributed by atoms with Gasteiger partial charge in [-0.15, -0.1) is 0 Å². The maximum atomic E-state index is 12.8. The third kappa shape index (κ3) is 5.22. The van der Waals surface area contributed by atoms with Crippen LogP contribution in [0.15, 0.2) is 70.7 Å². The fourth-order valence-electron chi connectivity index (χ4n) is 6.90. The molecular formula is C29H40O3S. The molecule has 1 aromatic rings. The summed E-state index contributed by atoms with van der Waals surface area (Å²) in [7, 11) is -3.22. The van der Waals surface area contributed by atoms with Crippen LogP contribution in [0, 0.1) is 23.2 Å². The highest BCUT2D eigenvalue weighted by Gasteiger charge is 2.50. The first-order valence-electron chi connectivity index (χ1n) is 12.7. The molecule has 1 N–H and O–H groups in total. The summed E-state index contributed by atoms with van der Waals surface area (Å²) < 4.78 is 25.6. The first kappa shape index (κ1) is 24.5. The third-order valence-electron chi connectivity index (χ3n) is 8.86. The molecule has 3 aliphatic rings. The van der Waals surface area contributed by atoms with E-state index in [4.69, 9.17) is 0 Å². The van der Waals surface area contributed by atoms with Gasteiger partial charge in [-0.05, 0) is 98.7 Å². The van der Waals surface area contributed by atoms with Crippen LogP contribution in [-0.4, -0.2) is 25.4 Å². The number of benzene rings is 1.